The fourth-order valence-electron chi connectivity index (χ4n) is 3.52. The molecule has 0 aliphatic heterocycles. The van der Waals surface area contributed by atoms with Crippen LogP contribution in [0.5, 0.6) is 5.75 Å². The Morgan fingerprint density at radius 1 is 1.23 bits per heavy atom. The van der Waals surface area contributed by atoms with Gasteiger partial charge in [-0.2, -0.15) is 5.26 Å². The number of amides is 1. The Morgan fingerprint density at radius 3 is 2.77 bits per heavy atom. The van der Waals surface area contributed by atoms with Gasteiger partial charge in [-0.15, -0.1) is 0 Å². The van der Waals surface area contributed by atoms with Crippen molar-refractivity contribution in [3.05, 3.63) is 41.5 Å². The van der Waals surface area contributed by atoms with Crippen molar-refractivity contribution in [2.24, 2.45) is 12.9 Å². The number of hydrazine groups is 1. The molecule has 1 aromatic heterocycles. The molecule has 0 bridgehead atoms. The third-order valence-corrected chi connectivity index (χ3v) is 4.80. The van der Waals surface area contributed by atoms with Gasteiger partial charge in [0.25, 0.3) is 5.91 Å². The van der Waals surface area contributed by atoms with Crippen molar-refractivity contribution in [3.63, 3.8) is 0 Å². The third-order valence-electron chi connectivity index (χ3n) is 4.80. The summed E-state index contributed by atoms with van der Waals surface area (Å²) >= 11 is 0. The van der Waals surface area contributed by atoms with E-state index in [0.29, 0.717) is 22.8 Å². The van der Waals surface area contributed by atoms with Crippen molar-refractivity contribution in [2.75, 3.05) is 0 Å². The number of fused-ring (bicyclic) bond motifs is 3. The maximum atomic E-state index is 12.1. The summed E-state index contributed by atoms with van der Waals surface area (Å²) in [4.78, 5) is 12.1. The molecule has 1 amide bonds. The number of hydrogen-bond donors (Lipinski definition) is 3. The zero-order chi connectivity index (χ0) is 18.7. The van der Waals surface area contributed by atoms with E-state index in [2.05, 4.69) is 17.6 Å². The number of phenols is 1. The quantitative estimate of drug-likeness (QED) is 0.275. The zero-order valence-electron chi connectivity index (χ0n) is 14.7. The van der Waals surface area contributed by atoms with Gasteiger partial charge in [-0.25, -0.2) is 5.84 Å². The number of aryl methyl sites for hydroxylation is 2. The lowest BCUT2D eigenvalue weighted by Gasteiger charge is -2.06. The Balaban J connectivity index is 2.06. The number of aromatic nitrogens is 1. The summed E-state index contributed by atoms with van der Waals surface area (Å²) in [5.41, 5.74) is 5.40. The average molecular weight is 350 g/mol. The Hall–Kier alpha value is -3.04. The van der Waals surface area contributed by atoms with Crippen LogP contribution in [0.2, 0.25) is 0 Å². The number of nitrogen functional groups attached to an aromatic ring is 1. The highest BCUT2D eigenvalue weighted by molar-refractivity contribution is 6.19. The Bertz CT molecular complexity index is 1010. The van der Waals surface area contributed by atoms with Crippen molar-refractivity contribution < 1.29 is 9.90 Å². The van der Waals surface area contributed by atoms with E-state index in [9.17, 15) is 9.90 Å². The van der Waals surface area contributed by atoms with Crippen LogP contribution in [0.4, 0.5) is 0 Å². The van der Waals surface area contributed by atoms with Gasteiger partial charge in [0.05, 0.1) is 22.5 Å². The van der Waals surface area contributed by atoms with Crippen molar-refractivity contribution in [2.45, 2.75) is 32.1 Å². The molecular weight excluding hydrogens is 328 g/mol. The van der Waals surface area contributed by atoms with E-state index < -0.39 is 0 Å². The second-order valence-corrected chi connectivity index (χ2v) is 6.46. The van der Waals surface area contributed by atoms with Crippen molar-refractivity contribution in [3.8, 4) is 11.8 Å². The van der Waals surface area contributed by atoms with Gasteiger partial charge in [-0.3, -0.25) is 10.2 Å². The number of carbonyl (C=O) groups is 1. The van der Waals surface area contributed by atoms with Crippen molar-refractivity contribution in [1.82, 2.24) is 9.99 Å². The number of phenolic OH excluding ortho intramolecular Hbond substituents is 1. The fourth-order valence-corrected chi connectivity index (χ4v) is 3.52. The first-order valence-electron chi connectivity index (χ1n) is 8.69. The van der Waals surface area contributed by atoms with E-state index in [1.807, 2.05) is 17.7 Å². The maximum absolute atomic E-state index is 12.1. The van der Waals surface area contributed by atoms with Crippen LogP contribution in [0.25, 0.3) is 21.8 Å². The predicted molar refractivity (Wildman–Crippen MR) is 102 cm³/mol. The SMILES string of the molecule is Cn1c2cc(CCCCCC#N)cc(O)c2c2c(C(=O)NN)cccc21. The van der Waals surface area contributed by atoms with E-state index in [4.69, 9.17) is 11.1 Å². The molecule has 0 aliphatic rings. The molecule has 0 spiro atoms. The van der Waals surface area contributed by atoms with Crippen LogP contribution >= 0.6 is 0 Å². The van der Waals surface area contributed by atoms with Crippen LogP contribution < -0.4 is 11.3 Å². The Kier molecular flexibility index (Phi) is 5.10. The molecular formula is C20H22N4O2. The lowest BCUT2D eigenvalue weighted by Crippen LogP contribution is -2.30. The average Bonchev–Trinajstić information content (AvgIpc) is 2.94. The van der Waals surface area contributed by atoms with Gasteiger partial charge in [0, 0.05) is 24.4 Å². The number of unbranched alkanes of at least 4 members (excludes halogenated alkanes) is 3. The second kappa shape index (κ2) is 7.46. The molecule has 0 fully saturated rings. The first kappa shape index (κ1) is 17.8. The lowest BCUT2D eigenvalue weighted by molar-refractivity contribution is 0.0955. The van der Waals surface area contributed by atoms with E-state index in [-0.39, 0.29) is 11.7 Å². The van der Waals surface area contributed by atoms with Gasteiger partial charge >= 0.3 is 0 Å². The van der Waals surface area contributed by atoms with Crippen LogP contribution in [-0.2, 0) is 13.5 Å². The molecule has 4 N–H and O–H groups in total. The third kappa shape index (κ3) is 3.09. The predicted octanol–water partition coefficient (Wildman–Crippen LogP) is 3.27. The number of rotatable bonds is 6. The Morgan fingerprint density at radius 2 is 2.04 bits per heavy atom. The molecule has 0 radical (unpaired) electrons. The summed E-state index contributed by atoms with van der Waals surface area (Å²) in [5, 5.41) is 20.6. The summed E-state index contributed by atoms with van der Waals surface area (Å²) in [6.07, 6.45) is 4.28. The van der Waals surface area contributed by atoms with Gasteiger partial charge in [0.15, 0.2) is 0 Å². The largest absolute Gasteiger partial charge is 0.507 e. The molecule has 3 aromatic rings. The Labute approximate surface area is 151 Å². The maximum Gasteiger partial charge on any atom is 0.265 e. The molecule has 0 atom stereocenters. The van der Waals surface area contributed by atoms with Crippen LogP contribution in [0.1, 0.15) is 41.6 Å². The smallest absolute Gasteiger partial charge is 0.265 e. The van der Waals surface area contributed by atoms with Crippen LogP contribution in [0.15, 0.2) is 30.3 Å². The molecule has 0 unspecified atom stereocenters. The summed E-state index contributed by atoms with van der Waals surface area (Å²) in [5.74, 6) is 5.09. The topological polar surface area (TPSA) is 104 Å². The van der Waals surface area contributed by atoms with Crippen LogP contribution in [0, 0.1) is 11.3 Å². The summed E-state index contributed by atoms with van der Waals surface area (Å²) < 4.78 is 1.98. The summed E-state index contributed by atoms with van der Waals surface area (Å²) in [6, 6.07) is 11.4. The number of aromatic hydroxyl groups is 1. The minimum absolute atomic E-state index is 0.164. The molecule has 6 nitrogen and oxygen atoms in total. The van der Waals surface area contributed by atoms with Crippen molar-refractivity contribution in [1.29, 1.82) is 5.26 Å². The molecule has 0 saturated heterocycles. The highest BCUT2D eigenvalue weighted by Crippen LogP contribution is 2.37. The number of benzene rings is 2. The molecule has 2 aromatic carbocycles. The number of nitrogens with two attached hydrogens (primary N) is 1. The first-order valence-corrected chi connectivity index (χ1v) is 8.69. The van der Waals surface area contributed by atoms with E-state index in [1.165, 1.54) is 0 Å². The molecule has 3 rings (SSSR count). The fraction of sp³-hybridized carbons (Fsp3) is 0.300. The van der Waals surface area contributed by atoms with Gasteiger partial charge < -0.3 is 9.67 Å². The van der Waals surface area contributed by atoms with Gasteiger partial charge in [-0.05, 0) is 49.1 Å². The van der Waals surface area contributed by atoms with Crippen molar-refractivity contribution >= 4 is 27.7 Å². The van der Waals surface area contributed by atoms with Gasteiger partial charge in [0.1, 0.15) is 5.75 Å². The lowest BCUT2D eigenvalue weighted by atomic mass is 10.0. The van der Waals surface area contributed by atoms with E-state index in [1.54, 1.807) is 18.2 Å². The number of nitrogens with zero attached hydrogens (tertiary/aromatic N) is 2. The normalized spacial score (nSPS) is 11.0. The molecule has 1 heterocycles. The standard InChI is InChI=1S/C20H22N4O2/c1-24-15-9-6-8-14(20(26)23-22)18(15)19-16(24)11-13(12-17(19)25)7-4-2-3-5-10-21/h6,8-9,11-12,25H,2-5,7,22H2,1H3,(H,23,26). The minimum atomic E-state index is -0.385. The minimum Gasteiger partial charge on any atom is -0.507 e. The molecule has 0 saturated carbocycles. The molecule has 134 valence electrons. The second-order valence-electron chi connectivity index (χ2n) is 6.46. The van der Waals surface area contributed by atoms with E-state index >= 15 is 0 Å². The number of nitriles is 1. The van der Waals surface area contributed by atoms with Crippen LogP contribution in [0.3, 0.4) is 0 Å². The number of nitrogens with one attached hydrogen (secondary N) is 1. The number of hydrogen-bond acceptors (Lipinski definition) is 4. The van der Waals surface area contributed by atoms with E-state index in [0.717, 1.165) is 42.3 Å². The molecule has 0 aliphatic carbocycles. The summed E-state index contributed by atoms with van der Waals surface area (Å²) in [7, 11) is 1.92. The molecule has 26 heavy (non-hydrogen) atoms. The highest BCUT2D eigenvalue weighted by Gasteiger charge is 2.19. The van der Waals surface area contributed by atoms with Gasteiger partial charge in [-0.1, -0.05) is 12.5 Å². The highest BCUT2D eigenvalue weighted by atomic mass is 16.3. The first-order chi connectivity index (χ1) is 12.6. The zero-order valence-corrected chi connectivity index (χ0v) is 14.7. The van der Waals surface area contributed by atoms with Crippen LogP contribution in [-0.4, -0.2) is 15.6 Å². The van der Waals surface area contributed by atoms with Gasteiger partial charge in [0.2, 0.25) is 0 Å². The monoisotopic (exact) mass is 350 g/mol. The number of carbonyl (C=O) groups excluding carboxylic acids is 1. The molecule has 6 heteroatoms. The summed E-state index contributed by atoms with van der Waals surface area (Å²) in [6.45, 7) is 0.